The molecule has 1 fully saturated rings. The van der Waals surface area contributed by atoms with E-state index in [1.807, 2.05) is 42.5 Å². The second-order valence-electron chi connectivity index (χ2n) is 6.08. The van der Waals surface area contributed by atoms with Crippen molar-refractivity contribution in [1.82, 2.24) is 0 Å². The molecule has 0 amide bonds. The Hall–Kier alpha value is -2.42. The van der Waals surface area contributed by atoms with Crippen LogP contribution in [0.15, 0.2) is 53.5 Å². The monoisotopic (exact) mass is 307 g/mol. The summed E-state index contributed by atoms with van der Waals surface area (Å²) in [5, 5.41) is 9.56. The smallest absolute Gasteiger partial charge is 0.335 e. The molecule has 0 aromatic heterocycles. The second kappa shape index (κ2) is 7.23. The molecule has 3 rings (SSSR count). The van der Waals surface area contributed by atoms with Gasteiger partial charge in [-0.05, 0) is 48.1 Å². The van der Waals surface area contributed by atoms with Crippen molar-refractivity contribution in [2.75, 3.05) is 0 Å². The molecule has 0 bridgehead atoms. The van der Waals surface area contributed by atoms with E-state index in [2.05, 4.69) is 4.99 Å². The normalized spacial score (nSPS) is 15.8. The Balaban J connectivity index is 1.87. The summed E-state index contributed by atoms with van der Waals surface area (Å²) in [5.41, 5.74) is 3.09. The molecule has 1 saturated carbocycles. The van der Waals surface area contributed by atoms with E-state index >= 15 is 0 Å². The predicted molar refractivity (Wildman–Crippen MR) is 92.9 cm³/mol. The van der Waals surface area contributed by atoms with Gasteiger partial charge in [-0.1, -0.05) is 49.6 Å². The molecule has 1 aliphatic carbocycles. The van der Waals surface area contributed by atoms with Crippen LogP contribution in [0.4, 0.5) is 5.69 Å². The average molecular weight is 307 g/mol. The first-order chi connectivity index (χ1) is 11.2. The number of benzene rings is 2. The van der Waals surface area contributed by atoms with E-state index in [1.165, 1.54) is 19.3 Å². The van der Waals surface area contributed by atoms with Gasteiger partial charge in [0.05, 0.1) is 11.3 Å². The fourth-order valence-corrected chi connectivity index (χ4v) is 3.27. The van der Waals surface area contributed by atoms with Gasteiger partial charge >= 0.3 is 5.97 Å². The minimum atomic E-state index is -0.847. The summed E-state index contributed by atoms with van der Waals surface area (Å²) >= 11 is 0. The fraction of sp³-hybridized carbons (Fsp3) is 0.300. The molecular formula is C20H21NO2. The molecular weight excluding hydrogens is 286 g/mol. The first kappa shape index (κ1) is 15.5. The summed E-state index contributed by atoms with van der Waals surface area (Å²) in [5.74, 6) is -0.463. The highest BCUT2D eigenvalue weighted by Gasteiger charge is 2.21. The third-order valence-electron chi connectivity index (χ3n) is 4.47. The van der Waals surface area contributed by atoms with Gasteiger partial charge in [0.1, 0.15) is 0 Å². The third-order valence-corrected chi connectivity index (χ3v) is 4.47. The van der Waals surface area contributed by atoms with Gasteiger partial charge in [-0.15, -0.1) is 0 Å². The van der Waals surface area contributed by atoms with Gasteiger partial charge in [-0.3, -0.25) is 4.99 Å². The number of carbonyl (C=O) groups is 1. The number of nitrogens with zero attached hydrogens (tertiary/aromatic N) is 1. The summed E-state index contributed by atoms with van der Waals surface area (Å²) in [6.45, 7) is 0. The summed E-state index contributed by atoms with van der Waals surface area (Å²) in [7, 11) is 0. The van der Waals surface area contributed by atoms with Crippen LogP contribution in [0.5, 0.6) is 0 Å². The maximum absolute atomic E-state index is 11.6. The summed E-state index contributed by atoms with van der Waals surface area (Å²) in [6.07, 6.45) is 7.57. The first-order valence-corrected chi connectivity index (χ1v) is 8.20. The molecule has 0 atom stereocenters. The van der Waals surface area contributed by atoms with E-state index in [9.17, 15) is 9.90 Å². The van der Waals surface area contributed by atoms with E-state index in [0.717, 1.165) is 29.7 Å². The van der Waals surface area contributed by atoms with Gasteiger partial charge in [0.15, 0.2) is 0 Å². The van der Waals surface area contributed by atoms with Gasteiger partial charge in [-0.2, -0.15) is 0 Å². The van der Waals surface area contributed by atoms with Gasteiger partial charge in [0.25, 0.3) is 0 Å². The maximum Gasteiger partial charge on any atom is 0.335 e. The van der Waals surface area contributed by atoms with E-state index in [1.54, 1.807) is 12.3 Å². The molecule has 0 aliphatic heterocycles. The predicted octanol–water partition coefficient (Wildman–Crippen LogP) is 5.18. The molecule has 3 heteroatoms. The molecule has 23 heavy (non-hydrogen) atoms. The van der Waals surface area contributed by atoms with Crippen LogP contribution in [0.1, 0.15) is 59.5 Å². The van der Waals surface area contributed by atoms with Crippen molar-refractivity contribution in [3.8, 4) is 0 Å². The highest BCUT2D eigenvalue weighted by Crippen LogP contribution is 2.34. The summed E-state index contributed by atoms with van der Waals surface area (Å²) in [6, 6.07) is 15.4. The van der Waals surface area contributed by atoms with Crippen molar-refractivity contribution < 1.29 is 9.90 Å². The topological polar surface area (TPSA) is 49.7 Å². The van der Waals surface area contributed by atoms with Crippen LogP contribution < -0.4 is 0 Å². The molecule has 1 aliphatic rings. The van der Waals surface area contributed by atoms with E-state index < -0.39 is 5.97 Å². The van der Waals surface area contributed by atoms with Crippen LogP contribution in [0.25, 0.3) is 0 Å². The van der Waals surface area contributed by atoms with Crippen LogP contribution >= 0.6 is 0 Å². The van der Waals surface area contributed by atoms with Crippen molar-refractivity contribution in [1.29, 1.82) is 0 Å². The Morgan fingerprint density at radius 1 is 1.04 bits per heavy atom. The molecule has 0 radical (unpaired) electrons. The Morgan fingerprint density at radius 2 is 1.78 bits per heavy atom. The molecule has 0 unspecified atom stereocenters. The second-order valence-corrected chi connectivity index (χ2v) is 6.08. The first-order valence-electron chi connectivity index (χ1n) is 8.20. The SMILES string of the molecule is O=C(O)c1cc(/C=N/c2ccccc2)ccc1C1CCCCC1. The Bertz CT molecular complexity index is 701. The third kappa shape index (κ3) is 3.86. The molecule has 2 aromatic carbocycles. The van der Waals surface area contributed by atoms with Crippen molar-refractivity contribution in [3.05, 3.63) is 65.2 Å². The van der Waals surface area contributed by atoms with Crippen LogP contribution in [-0.2, 0) is 0 Å². The molecule has 1 N–H and O–H groups in total. The number of rotatable bonds is 4. The lowest BCUT2D eigenvalue weighted by Crippen LogP contribution is -2.11. The minimum Gasteiger partial charge on any atom is -0.478 e. The van der Waals surface area contributed by atoms with Gasteiger partial charge in [0.2, 0.25) is 0 Å². The number of para-hydroxylation sites is 1. The minimum absolute atomic E-state index is 0.384. The Morgan fingerprint density at radius 3 is 2.48 bits per heavy atom. The quantitative estimate of drug-likeness (QED) is 0.791. The summed E-state index contributed by atoms with van der Waals surface area (Å²) in [4.78, 5) is 16.0. The lowest BCUT2D eigenvalue weighted by Gasteiger charge is -2.23. The lowest BCUT2D eigenvalue weighted by molar-refractivity contribution is 0.0694. The highest BCUT2D eigenvalue weighted by molar-refractivity contribution is 5.93. The van der Waals surface area contributed by atoms with Crippen molar-refractivity contribution in [3.63, 3.8) is 0 Å². The van der Waals surface area contributed by atoms with Gasteiger partial charge in [0, 0.05) is 6.21 Å². The molecule has 2 aromatic rings. The van der Waals surface area contributed by atoms with Gasteiger partial charge in [-0.25, -0.2) is 4.79 Å². The Labute approximate surface area is 136 Å². The number of aliphatic imine (C=N–C) groups is 1. The Kier molecular flexibility index (Phi) is 4.86. The van der Waals surface area contributed by atoms with Crippen molar-refractivity contribution in [2.24, 2.45) is 4.99 Å². The van der Waals surface area contributed by atoms with Crippen LogP contribution in [0.2, 0.25) is 0 Å². The lowest BCUT2D eigenvalue weighted by atomic mass is 9.81. The van der Waals surface area contributed by atoms with Crippen LogP contribution in [-0.4, -0.2) is 17.3 Å². The number of carboxylic acid groups (broad SMARTS) is 1. The van der Waals surface area contributed by atoms with E-state index in [0.29, 0.717) is 11.5 Å². The van der Waals surface area contributed by atoms with Gasteiger partial charge < -0.3 is 5.11 Å². The van der Waals surface area contributed by atoms with Crippen LogP contribution in [0.3, 0.4) is 0 Å². The van der Waals surface area contributed by atoms with E-state index in [-0.39, 0.29) is 0 Å². The van der Waals surface area contributed by atoms with Crippen LogP contribution in [0, 0.1) is 0 Å². The molecule has 3 nitrogen and oxygen atoms in total. The largest absolute Gasteiger partial charge is 0.478 e. The van der Waals surface area contributed by atoms with Crippen molar-refractivity contribution in [2.45, 2.75) is 38.0 Å². The maximum atomic E-state index is 11.6. The zero-order chi connectivity index (χ0) is 16.1. The fourth-order valence-electron chi connectivity index (χ4n) is 3.27. The molecule has 118 valence electrons. The molecule has 0 heterocycles. The molecule has 0 saturated heterocycles. The highest BCUT2D eigenvalue weighted by atomic mass is 16.4. The van der Waals surface area contributed by atoms with Crippen molar-refractivity contribution >= 4 is 17.9 Å². The molecule has 0 spiro atoms. The number of hydrogen-bond donors (Lipinski definition) is 1. The number of carboxylic acids is 1. The zero-order valence-corrected chi connectivity index (χ0v) is 13.1. The number of hydrogen-bond acceptors (Lipinski definition) is 2. The van der Waals surface area contributed by atoms with E-state index in [4.69, 9.17) is 0 Å². The summed E-state index contributed by atoms with van der Waals surface area (Å²) < 4.78 is 0. The standard InChI is InChI=1S/C20H21NO2/c22-20(23)19-13-15(14-21-17-9-5-2-6-10-17)11-12-18(19)16-7-3-1-4-8-16/h2,5-6,9-14,16H,1,3-4,7-8H2,(H,22,23)/b21-14+. The number of aromatic carboxylic acids is 1. The average Bonchev–Trinajstić information content (AvgIpc) is 2.61. The zero-order valence-electron chi connectivity index (χ0n) is 13.1.